The zero-order valence-corrected chi connectivity index (χ0v) is 9.78. The maximum atomic E-state index is 8.70. The summed E-state index contributed by atoms with van der Waals surface area (Å²) in [6.45, 7) is 5.61. The van der Waals surface area contributed by atoms with Crippen molar-refractivity contribution in [3.8, 4) is 6.07 Å². The molecule has 0 heterocycles. The molecule has 0 aliphatic heterocycles. The Kier molecular flexibility index (Phi) is 5.62. The number of nitrogens with zero attached hydrogens (tertiary/aromatic N) is 1. The van der Waals surface area contributed by atoms with Gasteiger partial charge in [0.1, 0.15) is 0 Å². The number of nitriles is 1. The van der Waals surface area contributed by atoms with Crippen LogP contribution in [0.1, 0.15) is 12.0 Å². The molecular weight excluding hydrogens is 214 g/mol. The van der Waals surface area contributed by atoms with E-state index in [1.165, 1.54) is 0 Å². The Bertz CT molecular complexity index is 410. The average Bonchev–Trinajstić information content (AvgIpc) is 2.35. The predicted molar refractivity (Wildman–Crippen MR) is 69.7 cm³/mol. The van der Waals surface area contributed by atoms with Crippen LogP contribution in [-0.4, -0.2) is 19.8 Å². The normalized spacial score (nSPS) is 9.59. The molecule has 4 heteroatoms. The molecule has 90 valence electrons. The lowest BCUT2D eigenvalue weighted by Crippen LogP contribution is -2.11. The molecule has 0 spiro atoms. The molecule has 4 nitrogen and oxygen atoms in total. The number of nitrogens with two attached hydrogens (primary N) is 1. The van der Waals surface area contributed by atoms with Crippen LogP contribution in [0.25, 0.3) is 0 Å². The van der Waals surface area contributed by atoms with Gasteiger partial charge in [-0.05, 0) is 24.6 Å². The number of benzene rings is 1. The summed E-state index contributed by atoms with van der Waals surface area (Å²) in [5, 5.41) is 11.9. The summed E-state index contributed by atoms with van der Waals surface area (Å²) in [6, 6.07) is 7.23. The van der Waals surface area contributed by atoms with Crippen LogP contribution in [0.5, 0.6) is 0 Å². The van der Waals surface area contributed by atoms with Crippen LogP contribution < -0.4 is 11.1 Å². The Hall–Kier alpha value is -1.99. The lowest BCUT2D eigenvalue weighted by Gasteiger charge is -2.09. The standard InChI is InChI=1S/C13H17N3O/c1-2-3-7-17-8-6-16-13-5-4-11(10-14)9-12(13)15/h2,4-5,9,16H,1,3,6-8,15H2. The van der Waals surface area contributed by atoms with Gasteiger partial charge in [-0.2, -0.15) is 5.26 Å². The van der Waals surface area contributed by atoms with E-state index in [0.29, 0.717) is 31.0 Å². The summed E-state index contributed by atoms with van der Waals surface area (Å²) >= 11 is 0. The van der Waals surface area contributed by atoms with Crippen LogP contribution in [0.15, 0.2) is 30.9 Å². The maximum Gasteiger partial charge on any atom is 0.0992 e. The van der Waals surface area contributed by atoms with Gasteiger partial charge in [0.2, 0.25) is 0 Å². The van der Waals surface area contributed by atoms with E-state index in [9.17, 15) is 0 Å². The smallest absolute Gasteiger partial charge is 0.0992 e. The van der Waals surface area contributed by atoms with Crippen molar-refractivity contribution in [1.82, 2.24) is 0 Å². The Balaban J connectivity index is 2.32. The third kappa shape index (κ3) is 4.58. The third-order valence-corrected chi connectivity index (χ3v) is 2.21. The summed E-state index contributed by atoms with van der Waals surface area (Å²) in [6.07, 6.45) is 2.69. The summed E-state index contributed by atoms with van der Waals surface area (Å²) < 4.78 is 5.35. The number of ether oxygens (including phenoxy) is 1. The minimum Gasteiger partial charge on any atom is -0.397 e. The number of hydrogen-bond donors (Lipinski definition) is 2. The van der Waals surface area contributed by atoms with Crippen LogP contribution >= 0.6 is 0 Å². The molecule has 1 aromatic carbocycles. The van der Waals surface area contributed by atoms with Crippen molar-refractivity contribution in [3.05, 3.63) is 36.4 Å². The van der Waals surface area contributed by atoms with E-state index < -0.39 is 0 Å². The molecule has 0 saturated heterocycles. The topological polar surface area (TPSA) is 71.1 Å². The lowest BCUT2D eigenvalue weighted by molar-refractivity contribution is 0.149. The van der Waals surface area contributed by atoms with Crippen molar-refractivity contribution in [2.24, 2.45) is 0 Å². The van der Waals surface area contributed by atoms with Crippen molar-refractivity contribution in [1.29, 1.82) is 5.26 Å². The van der Waals surface area contributed by atoms with Gasteiger partial charge in [-0.3, -0.25) is 0 Å². The predicted octanol–water partition coefficient (Wildman–Crippen LogP) is 2.15. The van der Waals surface area contributed by atoms with Crippen LogP contribution in [-0.2, 0) is 4.74 Å². The number of nitrogen functional groups attached to an aromatic ring is 1. The number of nitrogens with one attached hydrogen (secondary N) is 1. The van der Waals surface area contributed by atoms with Crippen molar-refractivity contribution in [3.63, 3.8) is 0 Å². The molecule has 0 aromatic heterocycles. The molecule has 0 unspecified atom stereocenters. The highest BCUT2D eigenvalue weighted by Gasteiger charge is 1.99. The molecule has 0 amide bonds. The summed E-state index contributed by atoms with van der Waals surface area (Å²) in [4.78, 5) is 0. The van der Waals surface area contributed by atoms with E-state index >= 15 is 0 Å². The van der Waals surface area contributed by atoms with Gasteiger partial charge in [-0.25, -0.2) is 0 Å². The van der Waals surface area contributed by atoms with Crippen LogP contribution in [0.2, 0.25) is 0 Å². The first-order valence-electron chi connectivity index (χ1n) is 5.50. The molecule has 0 bridgehead atoms. The molecule has 17 heavy (non-hydrogen) atoms. The largest absolute Gasteiger partial charge is 0.397 e. The molecule has 1 rings (SSSR count). The second-order valence-corrected chi connectivity index (χ2v) is 3.53. The maximum absolute atomic E-state index is 8.70. The van der Waals surface area contributed by atoms with Gasteiger partial charge in [0.25, 0.3) is 0 Å². The zero-order valence-electron chi connectivity index (χ0n) is 9.78. The highest BCUT2D eigenvalue weighted by Crippen LogP contribution is 2.18. The van der Waals surface area contributed by atoms with Crippen LogP contribution in [0.3, 0.4) is 0 Å². The Labute approximate surface area is 102 Å². The molecular formula is C13H17N3O. The van der Waals surface area contributed by atoms with E-state index in [1.54, 1.807) is 18.2 Å². The lowest BCUT2D eigenvalue weighted by atomic mass is 10.2. The van der Waals surface area contributed by atoms with Crippen molar-refractivity contribution >= 4 is 11.4 Å². The highest BCUT2D eigenvalue weighted by atomic mass is 16.5. The van der Waals surface area contributed by atoms with Crippen molar-refractivity contribution in [2.45, 2.75) is 6.42 Å². The van der Waals surface area contributed by atoms with Crippen molar-refractivity contribution in [2.75, 3.05) is 30.8 Å². The minimum absolute atomic E-state index is 0.565. The fourth-order valence-electron chi connectivity index (χ4n) is 1.32. The summed E-state index contributed by atoms with van der Waals surface area (Å²) in [7, 11) is 0. The fraction of sp³-hybridized carbons (Fsp3) is 0.308. The molecule has 1 aromatic rings. The quantitative estimate of drug-likeness (QED) is 0.428. The second kappa shape index (κ2) is 7.31. The SMILES string of the molecule is C=CCCOCCNc1ccc(C#N)cc1N. The first-order valence-corrected chi connectivity index (χ1v) is 5.50. The van der Waals surface area contributed by atoms with Gasteiger partial charge in [0.15, 0.2) is 0 Å². The van der Waals surface area contributed by atoms with E-state index in [1.807, 2.05) is 12.1 Å². The van der Waals surface area contributed by atoms with E-state index in [4.69, 9.17) is 15.7 Å². The van der Waals surface area contributed by atoms with Gasteiger partial charge < -0.3 is 15.8 Å². The van der Waals surface area contributed by atoms with Crippen molar-refractivity contribution < 1.29 is 4.74 Å². The van der Waals surface area contributed by atoms with Gasteiger partial charge in [0.05, 0.1) is 36.2 Å². The molecule has 0 saturated carbocycles. The molecule has 0 atom stereocenters. The fourth-order valence-corrected chi connectivity index (χ4v) is 1.32. The van der Waals surface area contributed by atoms with E-state index in [-0.39, 0.29) is 0 Å². The minimum atomic E-state index is 0.565. The van der Waals surface area contributed by atoms with Crippen LogP contribution in [0, 0.1) is 11.3 Å². The molecule has 0 fully saturated rings. The summed E-state index contributed by atoms with van der Waals surface area (Å²) in [5.74, 6) is 0. The first-order chi connectivity index (χ1) is 8.27. The monoisotopic (exact) mass is 231 g/mol. The molecule has 0 radical (unpaired) electrons. The molecule has 0 aliphatic rings. The zero-order chi connectivity index (χ0) is 12.5. The second-order valence-electron chi connectivity index (χ2n) is 3.53. The van der Waals surface area contributed by atoms with E-state index in [0.717, 1.165) is 12.1 Å². The van der Waals surface area contributed by atoms with Gasteiger partial charge in [-0.1, -0.05) is 6.08 Å². The van der Waals surface area contributed by atoms with E-state index in [2.05, 4.69) is 11.9 Å². The Morgan fingerprint density at radius 1 is 1.47 bits per heavy atom. The number of rotatable bonds is 7. The third-order valence-electron chi connectivity index (χ3n) is 2.21. The van der Waals surface area contributed by atoms with Gasteiger partial charge in [-0.15, -0.1) is 6.58 Å². The van der Waals surface area contributed by atoms with Gasteiger partial charge in [0, 0.05) is 6.54 Å². The number of hydrogen-bond acceptors (Lipinski definition) is 4. The molecule has 3 N–H and O–H groups in total. The Morgan fingerprint density at radius 2 is 2.29 bits per heavy atom. The molecule has 0 aliphatic carbocycles. The highest BCUT2D eigenvalue weighted by molar-refractivity contribution is 5.68. The first kappa shape index (κ1) is 13.1. The number of anilines is 2. The average molecular weight is 231 g/mol. The van der Waals surface area contributed by atoms with Crippen LogP contribution in [0.4, 0.5) is 11.4 Å². The van der Waals surface area contributed by atoms with Gasteiger partial charge >= 0.3 is 0 Å². The Morgan fingerprint density at radius 3 is 2.94 bits per heavy atom. The summed E-state index contributed by atoms with van der Waals surface area (Å²) in [5.41, 5.74) is 7.77.